The highest BCUT2D eigenvalue weighted by Crippen LogP contribution is 2.42. The van der Waals surface area contributed by atoms with Crippen LogP contribution >= 0.6 is 11.8 Å². The molecule has 1 rings (SSSR count). The molecule has 1 aliphatic rings. The lowest BCUT2D eigenvalue weighted by molar-refractivity contribution is 0.0218. The summed E-state index contributed by atoms with van der Waals surface area (Å²) in [5.41, 5.74) is -0.452. The SMILES string of the molecule is CCSCCC(O)C1(C#N)CCCC(C)C1. The first kappa shape index (κ1) is 13.9. The third-order valence-electron chi connectivity index (χ3n) is 3.63. The maximum atomic E-state index is 10.2. The average molecular weight is 241 g/mol. The monoisotopic (exact) mass is 241 g/mol. The Morgan fingerprint density at radius 3 is 2.94 bits per heavy atom. The molecule has 0 aromatic rings. The van der Waals surface area contributed by atoms with Crippen LogP contribution in [0.15, 0.2) is 0 Å². The molecule has 1 N–H and O–H groups in total. The molecule has 3 heteroatoms. The number of hydrogen-bond donors (Lipinski definition) is 1. The average Bonchev–Trinajstić information content (AvgIpc) is 2.29. The van der Waals surface area contributed by atoms with Gasteiger partial charge in [0, 0.05) is 0 Å². The van der Waals surface area contributed by atoms with E-state index in [0.717, 1.165) is 37.2 Å². The van der Waals surface area contributed by atoms with Crippen LogP contribution in [0, 0.1) is 22.7 Å². The van der Waals surface area contributed by atoms with E-state index in [0.29, 0.717) is 5.92 Å². The smallest absolute Gasteiger partial charge is 0.0835 e. The molecule has 16 heavy (non-hydrogen) atoms. The lowest BCUT2D eigenvalue weighted by Crippen LogP contribution is -2.38. The van der Waals surface area contributed by atoms with Gasteiger partial charge in [0.15, 0.2) is 0 Å². The summed E-state index contributed by atoms with van der Waals surface area (Å²) in [7, 11) is 0. The van der Waals surface area contributed by atoms with Gasteiger partial charge >= 0.3 is 0 Å². The fourth-order valence-electron chi connectivity index (χ4n) is 2.69. The number of rotatable bonds is 5. The second-order valence-corrected chi connectivity index (χ2v) is 6.36. The van der Waals surface area contributed by atoms with Crippen LogP contribution in [-0.2, 0) is 0 Å². The normalized spacial score (nSPS) is 32.0. The van der Waals surface area contributed by atoms with E-state index in [2.05, 4.69) is 19.9 Å². The Hall–Kier alpha value is -0.200. The van der Waals surface area contributed by atoms with Crippen LogP contribution in [0.3, 0.4) is 0 Å². The van der Waals surface area contributed by atoms with Crippen LogP contribution in [0.1, 0.15) is 46.0 Å². The zero-order chi connectivity index (χ0) is 12.0. The number of thioether (sulfide) groups is 1. The van der Waals surface area contributed by atoms with Crippen LogP contribution in [0.5, 0.6) is 0 Å². The fraction of sp³-hybridized carbons (Fsp3) is 0.923. The van der Waals surface area contributed by atoms with Gasteiger partial charge < -0.3 is 5.11 Å². The molecule has 0 aliphatic heterocycles. The molecule has 3 unspecified atom stereocenters. The van der Waals surface area contributed by atoms with Gasteiger partial charge in [0.2, 0.25) is 0 Å². The van der Waals surface area contributed by atoms with Crippen molar-refractivity contribution in [1.29, 1.82) is 5.26 Å². The highest BCUT2D eigenvalue weighted by Gasteiger charge is 2.41. The first-order valence-corrected chi connectivity index (χ1v) is 7.47. The van der Waals surface area contributed by atoms with Crippen LogP contribution in [-0.4, -0.2) is 22.7 Å². The van der Waals surface area contributed by atoms with Gasteiger partial charge in [0.25, 0.3) is 0 Å². The van der Waals surface area contributed by atoms with E-state index in [1.165, 1.54) is 6.42 Å². The number of aliphatic hydroxyl groups is 1. The molecule has 0 radical (unpaired) electrons. The van der Waals surface area contributed by atoms with Gasteiger partial charge in [-0.1, -0.05) is 26.7 Å². The summed E-state index contributed by atoms with van der Waals surface area (Å²) in [5, 5.41) is 19.6. The third-order valence-corrected chi connectivity index (χ3v) is 4.57. The lowest BCUT2D eigenvalue weighted by Gasteiger charge is -2.38. The van der Waals surface area contributed by atoms with Gasteiger partial charge in [-0.2, -0.15) is 17.0 Å². The molecule has 0 aromatic heterocycles. The number of hydrogen-bond acceptors (Lipinski definition) is 3. The van der Waals surface area contributed by atoms with E-state index in [9.17, 15) is 10.4 Å². The second kappa shape index (κ2) is 6.51. The maximum Gasteiger partial charge on any atom is 0.0835 e. The van der Waals surface area contributed by atoms with Crippen LogP contribution < -0.4 is 0 Å². The molecule has 0 spiro atoms. The summed E-state index contributed by atoms with van der Waals surface area (Å²) >= 11 is 1.84. The zero-order valence-electron chi connectivity index (χ0n) is 10.4. The maximum absolute atomic E-state index is 10.2. The summed E-state index contributed by atoms with van der Waals surface area (Å²) in [6.45, 7) is 4.32. The molecule has 0 bridgehead atoms. The molecule has 92 valence electrons. The Bertz CT molecular complexity index is 251. The lowest BCUT2D eigenvalue weighted by atomic mass is 9.67. The summed E-state index contributed by atoms with van der Waals surface area (Å²) in [6, 6.07) is 2.42. The van der Waals surface area contributed by atoms with Gasteiger partial charge in [0.05, 0.1) is 17.6 Å². The van der Waals surface area contributed by atoms with E-state index >= 15 is 0 Å². The zero-order valence-corrected chi connectivity index (χ0v) is 11.2. The molecule has 0 amide bonds. The van der Waals surface area contributed by atoms with Crippen LogP contribution in [0.2, 0.25) is 0 Å². The van der Waals surface area contributed by atoms with Crippen LogP contribution in [0.25, 0.3) is 0 Å². The minimum absolute atomic E-state index is 0.431. The van der Waals surface area contributed by atoms with Gasteiger partial charge in [-0.25, -0.2) is 0 Å². The Kier molecular flexibility index (Phi) is 5.64. The molecule has 0 heterocycles. The molecule has 1 fully saturated rings. The number of nitrogens with zero attached hydrogens (tertiary/aromatic N) is 1. The van der Waals surface area contributed by atoms with Crippen molar-refractivity contribution in [2.45, 2.75) is 52.1 Å². The third kappa shape index (κ3) is 3.40. The summed E-state index contributed by atoms with van der Waals surface area (Å²) in [6.07, 6.45) is 4.39. The number of nitriles is 1. The van der Waals surface area contributed by atoms with Crippen molar-refractivity contribution in [3.63, 3.8) is 0 Å². The predicted octanol–water partition coefficient (Wildman–Crippen LogP) is 3.21. The van der Waals surface area contributed by atoms with Gasteiger partial charge in [-0.3, -0.25) is 0 Å². The molecule has 0 saturated heterocycles. The summed E-state index contributed by atoms with van der Waals surface area (Å²) in [4.78, 5) is 0. The van der Waals surface area contributed by atoms with Gasteiger partial charge in [0.1, 0.15) is 0 Å². The second-order valence-electron chi connectivity index (χ2n) is 4.97. The van der Waals surface area contributed by atoms with E-state index in [1.807, 2.05) is 11.8 Å². The molecular weight excluding hydrogens is 218 g/mol. The minimum atomic E-state index is -0.452. The van der Waals surface area contributed by atoms with Crippen molar-refractivity contribution in [1.82, 2.24) is 0 Å². The highest BCUT2D eigenvalue weighted by molar-refractivity contribution is 7.99. The van der Waals surface area contributed by atoms with Crippen molar-refractivity contribution in [2.24, 2.45) is 11.3 Å². The quantitative estimate of drug-likeness (QED) is 0.752. The molecular formula is C13H23NOS. The topological polar surface area (TPSA) is 44.0 Å². The van der Waals surface area contributed by atoms with Gasteiger partial charge in [-0.05, 0) is 36.7 Å². The van der Waals surface area contributed by atoms with Crippen molar-refractivity contribution in [3.05, 3.63) is 0 Å². The van der Waals surface area contributed by atoms with Crippen molar-refractivity contribution < 1.29 is 5.11 Å². The van der Waals surface area contributed by atoms with E-state index in [4.69, 9.17) is 0 Å². The van der Waals surface area contributed by atoms with Crippen molar-refractivity contribution in [3.8, 4) is 6.07 Å². The minimum Gasteiger partial charge on any atom is -0.391 e. The largest absolute Gasteiger partial charge is 0.391 e. The molecule has 1 aliphatic carbocycles. The Balaban J connectivity index is 2.54. The first-order chi connectivity index (χ1) is 7.64. The molecule has 1 saturated carbocycles. The van der Waals surface area contributed by atoms with E-state index < -0.39 is 11.5 Å². The van der Waals surface area contributed by atoms with Gasteiger partial charge in [-0.15, -0.1) is 0 Å². The fourth-order valence-corrected chi connectivity index (χ4v) is 3.36. The number of aliphatic hydroxyl groups excluding tert-OH is 1. The summed E-state index contributed by atoms with van der Waals surface area (Å²) < 4.78 is 0. The predicted molar refractivity (Wildman–Crippen MR) is 69.3 cm³/mol. The van der Waals surface area contributed by atoms with Crippen molar-refractivity contribution in [2.75, 3.05) is 11.5 Å². The Morgan fingerprint density at radius 2 is 2.38 bits per heavy atom. The van der Waals surface area contributed by atoms with Crippen molar-refractivity contribution >= 4 is 11.8 Å². The standard InChI is InChI=1S/C13H23NOS/c1-3-16-8-6-12(15)13(10-14)7-4-5-11(2)9-13/h11-12,15H,3-9H2,1-2H3. The first-order valence-electron chi connectivity index (χ1n) is 6.31. The molecule has 2 nitrogen and oxygen atoms in total. The Morgan fingerprint density at radius 1 is 1.62 bits per heavy atom. The van der Waals surface area contributed by atoms with Crippen LogP contribution in [0.4, 0.5) is 0 Å². The molecule has 0 aromatic carbocycles. The van der Waals surface area contributed by atoms with E-state index in [1.54, 1.807) is 0 Å². The summed E-state index contributed by atoms with van der Waals surface area (Å²) in [5.74, 6) is 2.64. The van der Waals surface area contributed by atoms with E-state index in [-0.39, 0.29) is 0 Å². The highest BCUT2D eigenvalue weighted by atomic mass is 32.2. The molecule has 3 atom stereocenters. The Labute approximate surface area is 103 Å².